The number of carbonyl (C=O) groups is 4. The van der Waals surface area contributed by atoms with Crippen LogP contribution in [0, 0.1) is 5.92 Å². The number of benzene rings is 1. The third kappa shape index (κ3) is 3.18. The van der Waals surface area contributed by atoms with Crippen LogP contribution in [-0.4, -0.2) is 23.3 Å². The highest BCUT2D eigenvalue weighted by Crippen LogP contribution is 2.31. The maximum atomic E-state index is 12.5. The minimum absolute atomic E-state index is 0.0679. The van der Waals surface area contributed by atoms with Gasteiger partial charge in [0.1, 0.15) is 5.78 Å². The third-order valence-electron chi connectivity index (χ3n) is 3.82. The zero-order chi connectivity index (χ0) is 17.1. The number of carbonyl (C=O) groups excluding carboxylic acids is 4. The Morgan fingerprint density at radius 2 is 1.96 bits per heavy atom. The van der Waals surface area contributed by atoms with Crippen molar-refractivity contribution >= 4 is 29.3 Å². The van der Waals surface area contributed by atoms with Crippen LogP contribution in [0.25, 0.3) is 6.08 Å². The topological polar surface area (TPSA) is 94.3 Å². The van der Waals surface area contributed by atoms with Crippen LogP contribution in [0.1, 0.15) is 46.0 Å². The number of rotatable bonds is 6. The molecule has 0 aliphatic heterocycles. The zero-order valence-corrected chi connectivity index (χ0v) is 12.8. The predicted octanol–water partition coefficient (Wildman–Crippen LogP) is 2.11. The van der Waals surface area contributed by atoms with Crippen molar-refractivity contribution in [3.8, 4) is 0 Å². The lowest BCUT2D eigenvalue weighted by molar-refractivity contribution is -0.121. The number of amides is 1. The molecule has 23 heavy (non-hydrogen) atoms. The lowest BCUT2D eigenvalue weighted by Crippen LogP contribution is -2.23. The van der Waals surface area contributed by atoms with Crippen molar-refractivity contribution in [3.05, 3.63) is 53.1 Å². The molecule has 1 unspecified atom stereocenters. The van der Waals surface area contributed by atoms with Crippen molar-refractivity contribution in [1.29, 1.82) is 0 Å². The van der Waals surface area contributed by atoms with Crippen molar-refractivity contribution in [3.63, 3.8) is 0 Å². The third-order valence-corrected chi connectivity index (χ3v) is 3.82. The van der Waals surface area contributed by atoms with Gasteiger partial charge in [0.25, 0.3) is 0 Å². The number of primary amides is 1. The standard InChI is InChI=1S/C18H17NO4/c1-3-11-5-4-6-13-15(11)17(22)14(16(13)21)9-12(18(19)23)8-7-10(2)20/h3-6,9,12H,1,7-8H2,2H3,(H2,19,23)/b14-9-. The molecule has 0 radical (unpaired) electrons. The largest absolute Gasteiger partial charge is 0.369 e. The highest BCUT2D eigenvalue weighted by molar-refractivity contribution is 6.40. The first-order valence-corrected chi connectivity index (χ1v) is 7.22. The second kappa shape index (κ2) is 6.52. The predicted molar refractivity (Wildman–Crippen MR) is 85.9 cm³/mol. The highest BCUT2D eigenvalue weighted by Gasteiger charge is 2.35. The van der Waals surface area contributed by atoms with Gasteiger partial charge in [0.15, 0.2) is 11.6 Å². The molecule has 1 aromatic rings. The van der Waals surface area contributed by atoms with Crippen molar-refractivity contribution in [2.24, 2.45) is 11.7 Å². The van der Waals surface area contributed by atoms with Gasteiger partial charge in [-0.05, 0) is 18.9 Å². The van der Waals surface area contributed by atoms with E-state index in [1.807, 2.05) is 0 Å². The van der Waals surface area contributed by atoms with Crippen LogP contribution in [0.15, 0.2) is 36.4 Å². The van der Waals surface area contributed by atoms with E-state index in [1.165, 1.54) is 19.1 Å². The normalized spacial score (nSPS) is 16.3. The first kappa shape index (κ1) is 16.5. The van der Waals surface area contributed by atoms with E-state index in [2.05, 4.69) is 6.58 Å². The van der Waals surface area contributed by atoms with Crippen molar-refractivity contribution in [2.45, 2.75) is 19.8 Å². The average molecular weight is 311 g/mol. The van der Waals surface area contributed by atoms with Crippen molar-refractivity contribution in [1.82, 2.24) is 0 Å². The Bertz CT molecular complexity index is 758. The number of allylic oxidation sites excluding steroid dienone is 1. The summed E-state index contributed by atoms with van der Waals surface area (Å²) in [7, 11) is 0. The van der Waals surface area contributed by atoms with Crippen LogP contribution >= 0.6 is 0 Å². The Balaban J connectivity index is 2.42. The van der Waals surface area contributed by atoms with Crippen LogP contribution in [0.2, 0.25) is 0 Å². The molecule has 118 valence electrons. The molecule has 5 nitrogen and oxygen atoms in total. The molecule has 0 bridgehead atoms. The molecule has 0 heterocycles. The Hall–Kier alpha value is -2.82. The summed E-state index contributed by atoms with van der Waals surface area (Å²) in [5, 5.41) is 0. The smallest absolute Gasteiger partial charge is 0.224 e. The second-order valence-electron chi connectivity index (χ2n) is 5.46. The quantitative estimate of drug-likeness (QED) is 0.643. The molecular formula is C18H17NO4. The number of ketones is 3. The zero-order valence-electron chi connectivity index (χ0n) is 12.8. The molecular weight excluding hydrogens is 294 g/mol. The maximum absolute atomic E-state index is 12.5. The molecule has 1 aromatic carbocycles. The fourth-order valence-electron chi connectivity index (χ4n) is 2.58. The summed E-state index contributed by atoms with van der Waals surface area (Å²) in [5.74, 6) is -2.45. The van der Waals surface area contributed by atoms with Gasteiger partial charge in [0.2, 0.25) is 5.91 Å². The number of nitrogens with two attached hydrogens (primary N) is 1. The number of fused-ring (bicyclic) bond motifs is 1. The van der Waals surface area contributed by atoms with Crippen LogP contribution in [0.5, 0.6) is 0 Å². The van der Waals surface area contributed by atoms with Crippen LogP contribution < -0.4 is 5.73 Å². The first-order valence-electron chi connectivity index (χ1n) is 7.22. The molecule has 2 rings (SSSR count). The second-order valence-corrected chi connectivity index (χ2v) is 5.46. The van der Waals surface area contributed by atoms with E-state index in [-0.39, 0.29) is 24.2 Å². The number of hydrogen-bond donors (Lipinski definition) is 1. The summed E-state index contributed by atoms with van der Waals surface area (Å²) < 4.78 is 0. The van der Waals surface area contributed by atoms with Gasteiger partial charge in [-0.15, -0.1) is 0 Å². The summed E-state index contributed by atoms with van der Waals surface area (Å²) in [6.45, 7) is 5.04. The summed E-state index contributed by atoms with van der Waals surface area (Å²) in [4.78, 5) is 47.6. The molecule has 0 spiro atoms. The molecule has 0 aromatic heterocycles. The minimum atomic E-state index is -0.830. The van der Waals surface area contributed by atoms with Crippen molar-refractivity contribution < 1.29 is 19.2 Å². The number of hydrogen-bond acceptors (Lipinski definition) is 4. The van der Waals surface area contributed by atoms with Crippen molar-refractivity contribution in [2.75, 3.05) is 0 Å². The Labute approximate surface area is 133 Å². The summed E-state index contributed by atoms with van der Waals surface area (Å²) in [6, 6.07) is 4.94. The fraction of sp³-hybridized carbons (Fsp3) is 0.222. The molecule has 1 amide bonds. The molecule has 0 saturated carbocycles. The lowest BCUT2D eigenvalue weighted by Gasteiger charge is -2.08. The highest BCUT2D eigenvalue weighted by atomic mass is 16.2. The van der Waals surface area contributed by atoms with Gasteiger partial charge < -0.3 is 10.5 Å². The van der Waals surface area contributed by atoms with Gasteiger partial charge in [0, 0.05) is 17.5 Å². The molecule has 2 N–H and O–H groups in total. The van der Waals surface area contributed by atoms with Gasteiger partial charge in [-0.25, -0.2) is 0 Å². The van der Waals surface area contributed by atoms with E-state index in [9.17, 15) is 19.2 Å². The summed E-state index contributed by atoms with van der Waals surface area (Å²) >= 11 is 0. The van der Waals surface area contributed by atoms with Gasteiger partial charge in [-0.3, -0.25) is 14.4 Å². The molecule has 5 heteroatoms. The van der Waals surface area contributed by atoms with Crippen LogP contribution in [-0.2, 0) is 9.59 Å². The Morgan fingerprint density at radius 3 is 2.52 bits per heavy atom. The average Bonchev–Trinajstić information content (AvgIpc) is 2.75. The molecule has 0 fully saturated rings. The van der Waals surface area contributed by atoms with E-state index >= 15 is 0 Å². The Kier molecular flexibility index (Phi) is 4.69. The molecule has 1 aliphatic rings. The molecule has 1 aliphatic carbocycles. The van der Waals surface area contributed by atoms with Crippen LogP contribution in [0.3, 0.4) is 0 Å². The van der Waals surface area contributed by atoms with Gasteiger partial charge in [0.05, 0.1) is 11.5 Å². The minimum Gasteiger partial charge on any atom is -0.369 e. The van der Waals surface area contributed by atoms with E-state index in [0.717, 1.165) is 0 Å². The number of Topliss-reactive ketones (excluding diaryl/α,β-unsaturated/α-hetero) is 3. The van der Waals surface area contributed by atoms with Gasteiger partial charge >= 0.3 is 0 Å². The SMILES string of the molecule is C=Cc1cccc2c1C(=O)/C(=C\C(CCC(C)=O)C(N)=O)C2=O. The Morgan fingerprint density at radius 1 is 1.26 bits per heavy atom. The van der Waals surface area contributed by atoms with E-state index in [4.69, 9.17) is 5.73 Å². The first-order chi connectivity index (χ1) is 10.9. The maximum Gasteiger partial charge on any atom is 0.224 e. The monoisotopic (exact) mass is 311 g/mol. The van der Waals surface area contributed by atoms with Crippen LogP contribution in [0.4, 0.5) is 0 Å². The van der Waals surface area contributed by atoms with Gasteiger partial charge in [-0.2, -0.15) is 0 Å². The fourth-order valence-corrected chi connectivity index (χ4v) is 2.58. The van der Waals surface area contributed by atoms with Gasteiger partial charge in [-0.1, -0.05) is 36.9 Å². The summed E-state index contributed by atoms with van der Waals surface area (Å²) in [6.07, 6.45) is 3.14. The van der Waals surface area contributed by atoms with E-state index in [0.29, 0.717) is 16.7 Å². The molecule has 0 saturated heterocycles. The molecule has 1 atom stereocenters. The van der Waals surface area contributed by atoms with E-state index < -0.39 is 23.4 Å². The van der Waals surface area contributed by atoms with E-state index in [1.54, 1.807) is 18.2 Å². The lowest BCUT2D eigenvalue weighted by atomic mass is 9.96. The summed E-state index contributed by atoms with van der Waals surface area (Å²) in [5.41, 5.74) is 6.42.